The second kappa shape index (κ2) is 4.85. The normalized spacial score (nSPS) is 10.5. The zero-order chi connectivity index (χ0) is 13.1. The Bertz CT molecular complexity index is 755. The maximum atomic E-state index is 11.8. The van der Waals surface area contributed by atoms with Crippen LogP contribution in [-0.4, -0.2) is 19.9 Å². The number of rotatable bonds is 3. The quantitative estimate of drug-likeness (QED) is 0.761. The van der Waals surface area contributed by atoms with Gasteiger partial charge in [-0.1, -0.05) is 0 Å². The van der Waals surface area contributed by atoms with Crippen LogP contribution in [0.3, 0.4) is 0 Å². The van der Waals surface area contributed by atoms with E-state index in [9.17, 15) is 4.79 Å². The van der Waals surface area contributed by atoms with Crippen molar-refractivity contribution >= 4 is 10.9 Å². The van der Waals surface area contributed by atoms with Gasteiger partial charge in [-0.15, -0.1) is 0 Å². The molecule has 0 saturated carbocycles. The van der Waals surface area contributed by atoms with Crippen molar-refractivity contribution in [2.24, 2.45) is 0 Å². The third-order valence-corrected chi connectivity index (χ3v) is 2.58. The fraction of sp³-hybridized carbons (Fsp3) is 0.0769. The van der Waals surface area contributed by atoms with E-state index in [4.69, 9.17) is 4.74 Å². The Morgan fingerprint density at radius 2 is 1.89 bits per heavy atom. The molecule has 0 aliphatic carbocycles. The number of aromatic nitrogens is 4. The fourth-order valence-corrected chi connectivity index (χ4v) is 1.69. The monoisotopic (exact) mass is 254 g/mol. The van der Waals surface area contributed by atoms with Crippen LogP contribution in [0.4, 0.5) is 0 Å². The third-order valence-electron chi connectivity index (χ3n) is 2.58. The fourth-order valence-electron chi connectivity index (χ4n) is 1.69. The number of hydrogen-bond donors (Lipinski definition) is 1. The van der Waals surface area contributed by atoms with Crippen LogP contribution in [0, 0.1) is 0 Å². The van der Waals surface area contributed by atoms with Crippen LogP contribution in [0.5, 0.6) is 5.75 Å². The van der Waals surface area contributed by atoms with Crippen molar-refractivity contribution in [3.8, 4) is 5.75 Å². The number of hydrogen-bond acceptors (Lipinski definition) is 5. The molecule has 0 amide bonds. The predicted molar refractivity (Wildman–Crippen MR) is 68.7 cm³/mol. The molecule has 0 spiro atoms. The van der Waals surface area contributed by atoms with Gasteiger partial charge in [0, 0.05) is 18.6 Å². The molecule has 19 heavy (non-hydrogen) atoms. The number of fused-ring (bicyclic) bond motifs is 1. The summed E-state index contributed by atoms with van der Waals surface area (Å²) in [5.74, 6) is 1.13. The molecule has 3 heterocycles. The Morgan fingerprint density at radius 1 is 1.11 bits per heavy atom. The van der Waals surface area contributed by atoms with Crippen molar-refractivity contribution in [3.05, 3.63) is 59.2 Å². The van der Waals surface area contributed by atoms with Gasteiger partial charge in [-0.2, -0.15) is 0 Å². The van der Waals surface area contributed by atoms with E-state index < -0.39 is 0 Å². The summed E-state index contributed by atoms with van der Waals surface area (Å²) >= 11 is 0. The summed E-state index contributed by atoms with van der Waals surface area (Å²) in [6, 6.07) is 5.11. The van der Waals surface area contributed by atoms with Gasteiger partial charge in [-0.3, -0.25) is 14.8 Å². The molecule has 6 nitrogen and oxygen atoms in total. The highest BCUT2D eigenvalue weighted by molar-refractivity contribution is 5.75. The standard InChI is InChI=1S/C13H10N4O2/c18-13-10-3-6-15-7-11(10)16-12(17-13)8-19-9-1-4-14-5-2-9/h1-7H,8H2,(H,16,17,18). The first kappa shape index (κ1) is 11.3. The molecular formula is C13H10N4O2. The van der Waals surface area contributed by atoms with Gasteiger partial charge in [0.1, 0.15) is 18.2 Å². The van der Waals surface area contributed by atoms with E-state index in [1.165, 1.54) is 0 Å². The first-order valence-electron chi connectivity index (χ1n) is 5.69. The molecule has 0 fully saturated rings. The van der Waals surface area contributed by atoms with Gasteiger partial charge in [-0.25, -0.2) is 4.98 Å². The van der Waals surface area contributed by atoms with Crippen molar-refractivity contribution < 1.29 is 4.74 Å². The van der Waals surface area contributed by atoms with Gasteiger partial charge in [0.15, 0.2) is 0 Å². The van der Waals surface area contributed by atoms with Crippen LogP contribution in [0.1, 0.15) is 5.82 Å². The van der Waals surface area contributed by atoms with Crippen LogP contribution < -0.4 is 10.3 Å². The van der Waals surface area contributed by atoms with Gasteiger partial charge in [0.05, 0.1) is 17.1 Å². The van der Waals surface area contributed by atoms with Gasteiger partial charge >= 0.3 is 0 Å². The van der Waals surface area contributed by atoms with Crippen molar-refractivity contribution in [1.29, 1.82) is 0 Å². The summed E-state index contributed by atoms with van der Waals surface area (Å²) in [4.78, 5) is 26.6. The van der Waals surface area contributed by atoms with Gasteiger partial charge in [0.25, 0.3) is 5.56 Å². The van der Waals surface area contributed by atoms with Crippen molar-refractivity contribution in [1.82, 2.24) is 19.9 Å². The highest BCUT2D eigenvalue weighted by atomic mass is 16.5. The second-order valence-corrected chi connectivity index (χ2v) is 3.88. The molecule has 0 saturated heterocycles. The molecule has 3 rings (SSSR count). The first-order chi connectivity index (χ1) is 9.33. The summed E-state index contributed by atoms with van der Waals surface area (Å²) < 4.78 is 5.50. The van der Waals surface area contributed by atoms with E-state index in [1.807, 2.05) is 0 Å². The number of nitrogens with zero attached hydrogens (tertiary/aromatic N) is 3. The van der Waals surface area contributed by atoms with Crippen LogP contribution in [0.25, 0.3) is 10.9 Å². The SMILES string of the molecule is O=c1[nH]c(COc2ccncc2)nc2cnccc12. The first-order valence-corrected chi connectivity index (χ1v) is 5.69. The lowest BCUT2D eigenvalue weighted by atomic mass is 10.3. The largest absolute Gasteiger partial charge is 0.486 e. The van der Waals surface area contributed by atoms with E-state index in [-0.39, 0.29) is 12.2 Å². The summed E-state index contributed by atoms with van der Waals surface area (Å²) in [6.45, 7) is 0.185. The van der Waals surface area contributed by atoms with Gasteiger partial charge < -0.3 is 9.72 Å². The zero-order valence-corrected chi connectivity index (χ0v) is 9.91. The highest BCUT2D eigenvalue weighted by Crippen LogP contribution is 2.09. The Hall–Kier alpha value is -2.76. The average molecular weight is 254 g/mol. The molecule has 94 valence electrons. The Labute approximate surface area is 108 Å². The molecule has 0 aromatic carbocycles. The molecule has 0 aliphatic rings. The minimum atomic E-state index is -0.194. The van der Waals surface area contributed by atoms with Gasteiger partial charge in [-0.05, 0) is 18.2 Å². The van der Waals surface area contributed by atoms with Crippen LogP contribution >= 0.6 is 0 Å². The van der Waals surface area contributed by atoms with E-state index in [0.29, 0.717) is 22.5 Å². The number of nitrogens with one attached hydrogen (secondary N) is 1. The lowest BCUT2D eigenvalue weighted by Crippen LogP contribution is -2.13. The molecule has 0 bridgehead atoms. The smallest absolute Gasteiger partial charge is 0.258 e. The number of aromatic amines is 1. The van der Waals surface area contributed by atoms with Crippen LogP contribution in [0.2, 0.25) is 0 Å². The highest BCUT2D eigenvalue weighted by Gasteiger charge is 2.04. The minimum Gasteiger partial charge on any atom is -0.486 e. The summed E-state index contributed by atoms with van der Waals surface area (Å²) in [5.41, 5.74) is 0.361. The lowest BCUT2D eigenvalue weighted by molar-refractivity contribution is 0.295. The molecule has 3 aromatic rings. The van der Waals surface area contributed by atoms with Crippen molar-refractivity contribution in [2.45, 2.75) is 6.61 Å². The van der Waals surface area contributed by atoms with Crippen LogP contribution in [-0.2, 0) is 6.61 Å². The van der Waals surface area contributed by atoms with E-state index in [2.05, 4.69) is 19.9 Å². The topological polar surface area (TPSA) is 80.8 Å². The minimum absolute atomic E-state index is 0.185. The maximum Gasteiger partial charge on any atom is 0.258 e. The lowest BCUT2D eigenvalue weighted by Gasteiger charge is -2.05. The second-order valence-electron chi connectivity index (χ2n) is 3.88. The molecule has 6 heteroatoms. The van der Waals surface area contributed by atoms with Crippen molar-refractivity contribution in [2.75, 3.05) is 0 Å². The Kier molecular flexibility index (Phi) is 2.89. The number of H-pyrrole nitrogens is 1. The number of pyridine rings is 2. The third kappa shape index (κ3) is 2.42. The van der Waals surface area contributed by atoms with E-state index >= 15 is 0 Å². The number of ether oxygens (including phenoxy) is 1. The van der Waals surface area contributed by atoms with Gasteiger partial charge in [0.2, 0.25) is 0 Å². The molecule has 0 aliphatic heterocycles. The molecule has 0 unspecified atom stereocenters. The van der Waals surface area contributed by atoms with E-state index in [0.717, 1.165) is 0 Å². The average Bonchev–Trinajstić information content (AvgIpc) is 2.46. The predicted octanol–water partition coefficient (Wildman–Crippen LogP) is 1.29. The summed E-state index contributed by atoms with van der Waals surface area (Å²) in [7, 11) is 0. The maximum absolute atomic E-state index is 11.8. The molecule has 3 aromatic heterocycles. The summed E-state index contributed by atoms with van der Waals surface area (Å²) in [6.07, 6.45) is 6.39. The molecule has 1 N–H and O–H groups in total. The van der Waals surface area contributed by atoms with E-state index in [1.54, 1.807) is 43.0 Å². The summed E-state index contributed by atoms with van der Waals surface area (Å²) in [5, 5.41) is 0.516. The van der Waals surface area contributed by atoms with Crippen molar-refractivity contribution in [3.63, 3.8) is 0 Å². The molecule has 0 radical (unpaired) electrons. The molecule has 0 atom stereocenters. The zero-order valence-electron chi connectivity index (χ0n) is 9.91. The Morgan fingerprint density at radius 3 is 2.74 bits per heavy atom. The Balaban J connectivity index is 1.88. The van der Waals surface area contributed by atoms with Crippen LogP contribution in [0.15, 0.2) is 47.8 Å². The molecular weight excluding hydrogens is 244 g/mol.